The van der Waals surface area contributed by atoms with Crippen molar-refractivity contribution in [3.63, 3.8) is 0 Å². The molecule has 2 aliphatic rings. The lowest BCUT2D eigenvalue weighted by molar-refractivity contribution is 0.0409. The van der Waals surface area contributed by atoms with Gasteiger partial charge in [0, 0.05) is 39.3 Å². The minimum atomic E-state index is 0.130. The molecule has 0 saturated carbocycles. The lowest BCUT2D eigenvalue weighted by Gasteiger charge is -2.39. The first kappa shape index (κ1) is 17.5. The number of piperidine rings is 1. The number of fused-ring (bicyclic) bond motifs is 1. The van der Waals surface area contributed by atoms with Gasteiger partial charge in [0.25, 0.3) is 0 Å². The predicted octanol–water partition coefficient (Wildman–Crippen LogP) is 2.35. The zero-order valence-corrected chi connectivity index (χ0v) is 16.2. The number of aryl methyl sites for hydroxylation is 1. The average molecular weight is 375 g/mol. The summed E-state index contributed by atoms with van der Waals surface area (Å²) in [5.41, 5.74) is 2.26. The van der Waals surface area contributed by atoms with Crippen molar-refractivity contribution in [2.75, 3.05) is 51.3 Å². The molecule has 0 spiro atoms. The number of ether oxygens (including phenoxy) is 1. The maximum absolute atomic E-state index is 12.7. The van der Waals surface area contributed by atoms with Crippen LogP contribution in [0, 0.1) is 6.92 Å². The second-order valence-electron chi connectivity index (χ2n) is 7.00. The van der Waals surface area contributed by atoms with Gasteiger partial charge in [0.15, 0.2) is 0 Å². The van der Waals surface area contributed by atoms with Crippen molar-refractivity contribution in [2.45, 2.75) is 25.8 Å². The minimum absolute atomic E-state index is 0.130. The molecule has 4 heterocycles. The fourth-order valence-corrected chi connectivity index (χ4v) is 4.80. The fraction of sp³-hybridized carbons (Fsp3) is 0.611. The highest BCUT2D eigenvalue weighted by molar-refractivity contribution is 7.18. The van der Waals surface area contributed by atoms with Gasteiger partial charge in [0.05, 0.1) is 23.4 Å². The van der Waals surface area contributed by atoms with Crippen molar-refractivity contribution < 1.29 is 9.53 Å². The van der Waals surface area contributed by atoms with Gasteiger partial charge >= 0.3 is 6.03 Å². The largest absolute Gasteiger partial charge is 0.378 e. The van der Waals surface area contributed by atoms with Gasteiger partial charge in [-0.05, 0) is 30.7 Å². The molecule has 140 valence electrons. The number of urea groups is 1. The molecule has 0 aromatic carbocycles. The molecule has 4 rings (SSSR count). The molecule has 0 N–H and O–H groups in total. The Balaban J connectivity index is 1.41. The third kappa shape index (κ3) is 3.23. The summed E-state index contributed by atoms with van der Waals surface area (Å²) in [5.74, 6) is 1.04. The first-order valence-corrected chi connectivity index (χ1v) is 10.1. The number of hydrogen-bond donors (Lipinski definition) is 0. The van der Waals surface area contributed by atoms with Gasteiger partial charge in [-0.2, -0.15) is 0 Å². The number of carbonyl (C=O) groups is 1. The van der Waals surface area contributed by atoms with E-state index in [-0.39, 0.29) is 12.1 Å². The third-order valence-corrected chi connectivity index (χ3v) is 6.49. The molecule has 7 nitrogen and oxygen atoms in total. The lowest BCUT2D eigenvalue weighted by atomic mass is 10.0. The molecule has 0 aliphatic carbocycles. The number of nitrogens with zero attached hydrogens (tertiary/aromatic N) is 5. The van der Waals surface area contributed by atoms with Gasteiger partial charge in [-0.1, -0.05) is 0 Å². The molecule has 2 fully saturated rings. The molecule has 8 heteroatoms. The van der Waals surface area contributed by atoms with E-state index in [0.717, 1.165) is 37.3 Å². The number of amides is 2. The highest BCUT2D eigenvalue weighted by atomic mass is 32.1. The Morgan fingerprint density at radius 3 is 2.69 bits per heavy atom. The van der Waals surface area contributed by atoms with Crippen LogP contribution in [0.1, 0.15) is 18.4 Å². The van der Waals surface area contributed by atoms with Crippen molar-refractivity contribution in [3.8, 4) is 0 Å². The highest BCUT2D eigenvalue weighted by Crippen LogP contribution is 2.32. The first-order valence-electron chi connectivity index (χ1n) is 9.18. The number of morpholine rings is 1. The van der Waals surface area contributed by atoms with E-state index < -0.39 is 0 Å². The van der Waals surface area contributed by atoms with E-state index in [9.17, 15) is 4.79 Å². The Morgan fingerprint density at radius 2 is 1.96 bits per heavy atom. The normalized spacial score (nSPS) is 19.2. The minimum Gasteiger partial charge on any atom is -0.378 e. The summed E-state index contributed by atoms with van der Waals surface area (Å²) in [5, 5.41) is 2.14. The zero-order chi connectivity index (χ0) is 18.1. The lowest BCUT2D eigenvalue weighted by Crippen LogP contribution is -2.52. The fourth-order valence-electron chi connectivity index (χ4n) is 3.78. The Hall–Kier alpha value is -1.93. The Bertz CT molecular complexity index is 781. The standard InChI is InChI=1S/C18H25N5O2S/c1-13-11-26-16-15(13)19-12-20-17(16)22-5-3-14(4-6-22)21(2)18(24)23-7-9-25-10-8-23/h11-12,14H,3-10H2,1-2H3. The molecule has 2 amide bonds. The van der Waals surface area contributed by atoms with Crippen LogP contribution in [-0.2, 0) is 4.74 Å². The summed E-state index contributed by atoms with van der Waals surface area (Å²) >= 11 is 1.72. The first-order chi connectivity index (χ1) is 12.6. The molecular weight excluding hydrogens is 350 g/mol. The number of anilines is 1. The van der Waals surface area contributed by atoms with Crippen LogP contribution < -0.4 is 4.90 Å². The van der Waals surface area contributed by atoms with E-state index in [1.807, 2.05) is 16.8 Å². The smallest absolute Gasteiger partial charge is 0.320 e. The van der Waals surface area contributed by atoms with Crippen molar-refractivity contribution in [3.05, 3.63) is 17.3 Å². The summed E-state index contributed by atoms with van der Waals surface area (Å²) in [7, 11) is 1.93. The van der Waals surface area contributed by atoms with Crippen LogP contribution in [0.15, 0.2) is 11.7 Å². The van der Waals surface area contributed by atoms with Crippen molar-refractivity contribution >= 4 is 33.4 Å². The number of carbonyl (C=O) groups excluding carboxylic acids is 1. The summed E-state index contributed by atoms with van der Waals surface area (Å²) in [6.07, 6.45) is 3.59. The Labute approximate surface area is 157 Å². The predicted molar refractivity (Wildman–Crippen MR) is 103 cm³/mol. The molecular formula is C18H25N5O2S. The Kier molecular flexibility index (Phi) is 4.95. The van der Waals surface area contributed by atoms with Crippen LogP contribution in [0.25, 0.3) is 10.2 Å². The molecule has 0 bridgehead atoms. The maximum Gasteiger partial charge on any atom is 0.320 e. The summed E-state index contributed by atoms with van der Waals surface area (Å²) in [6.45, 7) is 6.58. The SMILES string of the molecule is Cc1csc2c(N3CCC(N(C)C(=O)N4CCOCC4)CC3)ncnc12. The van der Waals surface area contributed by atoms with Gasteiger partial charge in [-0.15, -0.1) is 11.3 Å². The summed E-state index contributed by atoms with van der Waals surface area (Å²) in [4.78, 5) is 27.8. The molecule has 2 saturated heterocycles. The van der Waals surface area contributed by atoms with Crippen LogP contribution in [0.3, 0.4) is 0 Å². The topological polar surface area (TPSA) is 61.8 Å². The summed E-state index contributed by atoms with van der Waals surface area (Å²) in [6, 6.07) is 0.411. The average Bonchev–Trinajstić information content (AvgIpc) is 3.09. The number of aromatic nitrogens is 2. The van der Waals surface area contributed by atoms with Crippen LogP contribution in [0.5, 0.6) is 0 Å². The van der Waals surface area contributed by atoms with Crippen LogP contribution in [0.4, 0.5) is 10.6 Å². The van der Waals surface area contributed by atoms with E-state index in [2.05, 4.69) is 27.2 Å². The second kappa shape index (κ2) is 7.36. The molecule has 0 unspecified atom stereocenters. The molecule has 2 aromatic rings. The molecule has 0 atom stereocenters. The third-order valence-electron chi connectivity index (χ3n) is 5.41. The molecule has 0 radical (unpaired) electrons. The van der Waals surface area contributed by atoms with E-state index in [1.54, 1.807) is 17.7 Å². The van der Waals surface area contributed by atoms with Gasteiger partial charge in [-0.3, -0.25) is 0 Å². The van der Waals surface area contributed by atoms with Crippen molar-refractivity contribution in [2.24, 2.45) is 0 Å². The van der Waals surface area contributed by atoms with Crippen LogP contribution in [0.2, 0.25) is 0 Å². The second-order valence-corrected chi connectivity index (χ2v) is 7.88. The summed E-state index contributed by atoms with van der Waals surface area (Å²) < 4.78 is 6.51. The molecule has 26 heavy (non-hydrogen) atoms. The van der Waals surface area contributed by atoms with E-state index in [4.69, 9.17) is 4.74 Å². The maximum atomic E-state index is 12.7. The van der Waals surface area contributed by atoms with Crippen molar-refractivity contribution in [1.29, 1.82) is 0 Å². The van der Waals surface area contributed by atoms with Crippen LogP contribution in [-0.4, -0.2) is 78.3 Å². The van der Waals surface area contributed by atoms with E-state index >= 15 is 0 Å². The van der Waals surface area contributed by atoms with Gasteiger partial charge < -0.3 is 19.4 Å². The zero-order valence-electron chi connectivity index (χ0n) is 15.3. The van der Waals surface area contributed by atoms with Gasteiger partial charge in [-0.25, -0.2) is 14.8 Å². The number of thiophene rings is 1. The monoisotopic (exact) mass is 375 g/mol. The van der Waals surface area contributed by atoms with E-state index in [1.165, 1.54) is 10.3 Å². The number of rotatable bonds is 2. The molecule has 2 aliphatic heterocycles. The van der Waals surface area contributed by atoms with Crippen LogP contribution >= 0.6 is 11.3 Å². The molecule has 2 aromatic heterocycles. The van der Waals surface area contributed by atoms with Gasteiger partial charge in [0.1, 0.15) is 12.1 Å². The Morgan fingerprint density at radius 1 is 1.23 bits per heavy atom. The number of hydrogen-bond acceptors (Lipinski definition) is 6. The highest BCUT2D eigenvalue weighted by Gasteiger charge is 2.29. The quantitative estimate of drug-likeness (QED) is 0.806. The van der Waals surface area contributed by atoms with Crippen molar-refractivity contribution in [1.82, 2.24) is 19.8 Å². The van der Waals surface area contributed by atoms with Gasteiger partial charge in [0.2, 0.25) is 0 Å². The van der Waals surface area contributed by atoms with E-state index in [0.29, 0.717) is 26.3 Å².